The van der Waals surface area contributed by atoms with Crippen molar-refractivity contribution in [1.29, 1.82) is 0 Å². The Balaban J connectivity index is 2.02. The average Bonchev–Trinajstić information content (AvgIpc) is 3.19. The smallest absolute Gasteiger partial charge is 0.412 e. The zero-order chi connectivity index (χ0) is 22.4. The normalized spacial score (nSPS) is 10.3. The lowest BCUT2D eigenvalue weighted by Gasteiger charge is -2.16. The van der Waals surface area contributed by atoms with Crippen LogP contribution in [0.3, 0.4) is 0 Å². The van der Waals surface area contributed by atoms with E-state index in [4.69, 9.17) is 9.47 Å². The molecule has 0 spiro atoms. The molecule has 2 aromatic heterocycles. The Morgan fingerprint density at radius 1 is 1.19 bits per heavy atom. The fourth-order valence-corrected chi connectivity index (χ4v) is 2.78. The first-order chi connectivity index (χ1) is 15.0. The summed E-state index contributed by atoms with van der Waals surface area (Å²) in [4.78, 5) is 25.5. The predicted molar refractivity (Wildman–Crippen MR) is 112 cm³/mol. The van der Waals surface area contributed by atoms with Crippen LogP contribution in [0.4, 0.5) is 22.0 Å². The summed E-state index contributed by atoms with van der Waals surface area (Å²) in [7, 11) is 4.72. The van der Waals surface area contributed by atoms with Crippen molar-refractivity contribution in [3.05, 3.63) is 36.2 Å². The zero-order valence-corrected chi connectivity index (χ0v) is 17.5. The number of para-hydroxylation sites is 1. The third kappa shape index (κ3) is 4.86. The van der Waals surface area contributed by atoms with Crippen LogP contribution in [-0.2, 0) is 11.8 Å². The van der Waals surface area contributed by atoms with E-state index in [-0.39, 0.29) is 18.1 Å². The van der Waals surface area contributed by atoms with Gasteiger partial charge in [0.1, 0.15) is 5.69 Å². The molecule has 162 valence electrons. The molecule has 0 bridgehead atoms. The number of anilines is 3. The maximum absolute atomic E-state index is 12.3. The molecule has 12 heteroatoms. The van der Waals surface area contributed by atoms with E-state index in [1.807, 2.05) is 6.07 Å². The topological polar surface area (TPSA) is 145 Å². The second kappa shape index (κ2) is 9.52. The van der Waals surface area contributed by atoms with E-state index in [0.717, 1.165) is 0 Å². The summed E-state index contributed by atoms with van der Waals surface area (Å²) >= 11 is 0. The molecular weight excluding hydrogens is 404 g/mol. The number of nitrogens with zero attached hydrogens (tertiary/aromatic N) is 5. The average molecular weight is 426 g/mol. The van der Waals surface area contributed by atoms with Crippen LogP contribution >= 0.6 is 0 Å². The maximum Gasteiger partial charge on any atom is 0.412 e. The highest BCUT2D eigenvalue weighted by molar-refractivity contribution is 5.99. The molecule has 12 nitrogen and oxygen atoms in total. The molecule has 3 rings (SSSR count). The number of nitrogens with one attached hydrogen (secondary N) is 3. The highest BCUT2D eigenvalue weighted by atomic mass is 16.5. The number of aryl methyl sites for hydroxylation is 1. The van der Waals surface area contributed by atoms with Gasteiger partial charge in [-0.2, -0.15) is 15.0 Å². The van der Waals surface area contributed by atoms with Crippen LogP contribution in [0.1, 0.15) is 17.4 Å². The van der Waals surface area contributed by atoms with Crippen molar-refractivity contribution in [2.24, 2.45) is 7.05 Å². The minimum absolute atomic E-state index is 0.0314. The van der Waals surface area contributed by atoms with Crippen LogP contribution in [0.25, 0.3) is 11.3 Å². The Kier molecular flexibility index (Phi) is 6.60. The SMILES string of the molecule is CCOC(=O)Nc1cc(Nc2cccc(-c3cnn(C)n3)c2OC)c(C(=O)NC)nn1. The first-order valence-electron chi connectivity index (χ1n) is 9.31. The van der Waals surface area contributed by atoms with E-state index < -0.39 is 12.0 Å². The third-order valence-electron chi connectivity index (χ3n) is 4.11. The monoisotopic (exact) mass is 426 g/mol. The summed E-state index contributed by atoms with van der Waals surface area (Å²) in [6, 6.07) is 6.89. The Bertz CT molecular complexity index is 1100. The first kappa shape index (κ1) is 21.5. The molecule has 3 N–H and O–H groups in total. The van der Waals surface area contributed by atoms with Gasteiger partial charge in [0.25, 0.3) is 5.91 Å². The fraction of sp³-hybridized carbons (Fsp3) is 0.263. The van der Waals surface area contributed by atoms with Crippen LogP contribution in [-0.4, -0.2) is 58.0 Å². The van der Waals surface area contributed by atoms with Crippen molar-refractivity contribution in [3.63, 3.8) is 0 Å². The molecular formula is C19H22N8O4. The molecule has 0 aliphatic heterocycles. The van der Waals surface area contributed by atoms with E-state index in [1.54, 1.807) is 32.3 Å². The molecule has 0 radical (unpaired) electrons. The molecule has 31 heavy (non-hydrogen) atoms. The summed E-state index contributed by atoms with van der Waals surface area (Å²) in [5, 5.41) is 24.3. The fourth-order valence-electron chi connectivity index (χ4n) is 2.78. The molecule has 2 amide bonds. The van der Waals surface area contributed by atoms with Crippen molar-refractivity contribution in [3.8, 4) is 17.0 Å². The molecule has 2 heterocycles. The Labute approximate surface area is 178 Å². The number of hydrogen-bond acceptors (Lipinski definition) is 9. The number of amides is 2. The molecule has 0 saturated heterocycles. The molecule has 0 fully saturated rings. The molecule has 3 aromatic rings. The Morgan fingerprint density at radius 2 is 2.00 bits per heavy atom. The van der Waals surface area contributed by atoms with Gasteiger partial charge >= 0.3 is 6.09 Å². The highest BCUT2D eigenvalue weighted by Gasteiger charge is 2.19. The highest BCUT2D eigenvalue weighted by Crippen LogP contribution is 2.37. The lowest BCUT2D eigenvalue weighted by Crippen LogP contribution is -2.22. The summed E-state index contributed by atoms with van der Waals surface area (Å²) in [6.45, 7) is 1.89. The number of methoxy groups -OCH3 is 1. The van der Waals surface area contributed by atoms with E-state index in [2.05, 4.69) is 36.3 Å². The van der Waals surface area contributed by atoms with Gasteiger partial charge in [-0.1, -0.05) is 6.07 Å². The van der Waals surface area contributed by atoms with Gasteiger partial charge in [-0.25, -0.2) is 4.79 Å². The van der Waals surface area contributed by atoms with Crippen LogP contribution < -0.4 is 20.7 Å². The van der Waals surface area contributed by atoms with Gasteiger partial charge in [0.2, 0.25) is 0 Å². The maximum atomic E-state index is 12.3. The van der Waals surface area contributed by atoms with Crippen LogP contribution in [0, 0.1) is 0 Å². The number of rotatable bonds is 7. The van der Waals surface area contributed by atoms with Crippen LogP contribution in [0.15, 0.2) is 30.5 Å². The number of ether oxygens (including phenoxy) is 2. The van der Waals surface area contributed by atoms with Crippen LogP contribution in [0.2, 0.25) is 0 Å². The van der Waals surface area contributed by atoms with Gasteiger partial charge in [-0.05, 0) is 19.1 Å². The number of benzene rings is 1. The van der Waals surface area contributed by atoms with Crippen molar-refractivity contribution in [2.75, 3.05) is 31.4 Å². The standard InChI is InChI=1S/C19H22N8O4/c1-5-31-19(29)23-15-9-13(16(25-24-15)18(28)20-2)22-12-8-6-7-11(17(12)30-4)14-10-21-27(3)26-14/h6-10H,5H2,1-4H3,(H,20,28)(H2,22,23,24,29). The molecule has 0 atom stereocenters. The lowest BCUT2D eigenvalue weighted by atomic mass is 10.1. The Hall–Kier alpha value is -4.22. The van der Waals surface area contributed by atoms with Gasteiger partial charge in [-0.3, -0.25) is 10.1 Å². The minimum Gasteiger partial charge on any atom is -0.494 e. The van der Waals surface area contributed by atoms with Gasteiger partial charge in [0.15, 0.2) is 17.3 Å². The third-order valence-corrected chi connectivity index (χ3v) is 4.11. The van der Waals surface area contributed by atoms with Gasteiger partial charge in [-0.15, -0.1) is 10.2 Å². The number of hydrogen-bond donors (Lipinski definition) is 3. The van der Waals surface area contributed by atoms with Crippen molar-refractivity contribution in [2.45, 2.75) is 6.92 Å². The van der Waals surface area contributed by atoms with Gasteiger partial charge in [0, 0.05) is 25.7 Å². The Morgan fingerprint density at radius 3 is 2.65 bits per heavy atom. The molecule has 1 aromatic carbocycles. The second-order valence-electron chi connectivity index (χ2n) is 6.15. The van der Waals surface area contributed by atoms with E-state index in [1.165, 1.54) is 25.0 Å². The lowest BCUT2D eigenvalue weighted by molar-refractivity contribution is 0.0958. The number of carbonyl (C=O) groups excluding carboxylic acids is 2. The molecule has 0 aliphatic rings. The zero-order valence-electron chi connectivity index (χ0n) is 17.5. The van der Waals surface area contributed by atoms with Gasteiger partial charge < -0.3 is 20.1 Å². The summed E-state index contributed by atoms with van der Waals surface area (Å²) < 4.78 is 10.5. The molecule has 0 saturated carbocycles. The van der Waals surface area contributed by atoms with E-state index in [0.29, 0.717) is 28.4 Å². The number of carbonyl (C=O) groups is 2. The minimum atomic E-state index is -0.683. The predicted octanol–water partition coefficient (Wildman–Crippen LogP) is 1.95. The van der Waals surface area contributed by atoms with Crippen molar-refractivity contribution < 1.29 is 19.1 Å². The van der Waals surface area contributed by atoms with Crippen molar-refractivity contribution >= 4 is 29.2 Å². The largest absolute Gasteiger partial charge is 0.494 e. The first-order valence-corrected chi connectivity index (χ1v) is 9.31. The summed E-state index contributed by atoms with van der Waals surface area (Å²) in [6.07, 6.45) is 0.935. The molecule has 0 unspecified atom stereocenters. The van der Waals surface area contributed by atoms with Gasteiger partial charge in [0.05, 0.1) is 31.3 Å². The quantitative estimate of drug-likeness (QED) is 0.516. The van der Waals surface area contributed by atoms with E-state index in [9.17, 15) is 9.59 Å². The van der Waals surface area contributed by atoms with E-state index >= 15 is 0 Å². The molecule has 0 aliphatic carbocycles. The van der Waals surface area contributed by atoms with Crippen molar-refractivity contribution in [1.82, 2.24) is 30.5 Å². The summed E-state index contributed by atoms with van der Waals surface area (Å²) in [5.74, 6) is 0.141. The second-order valence-corrected chi connectivity index (χ2v) is 6.15. The van der Waals surface area contributed by atoms with Crippen LogP contribution in [0.5, 0.6) is 5.75 Å². The number of aromatic nitrogens is 5. The summed E-state index contributed by atoms with van der Waals surface area (Å²) in [5.41, 5.74) is 2.20.